The molecule has 5 atom stereocenters. The van der Waals surface area contributed by atoms with E-state index in [1.54, 1.807) is 0 Å². The van der Waals surface area contributed by atoms with Crippen molar-refractivity contribution in [1.82, 2.24) is 0 Å². The Morgan fingerprint density at radius 2 is 1.80 bits per heavy atom. The highest BCUT2D eigenvalue weighted by Crippen LogP contribution is 2.78. The number of aryl methyl sites for hydroxylation is 1. The van der Waals surface area contributed by atoms with Crippen LogP contribution in [0.15, 0.2) is 48.5 Å². The fraction of sp³-hybridized carbons (Fsp3) is 0.500. The molecule has 0 aromatic heterocycles. The summed E-state index contributed by atoms with van der Waals surface area (Å²) in [7, 11) is -1.52. The number of aromatic hydroxyl groups is 1. The molecule has 2 aromatic rings. The smallest absolute Gasteiger partial charge is 0.148 e. The summed E-state index contributed by atoms with van der Waals surface area (Å²) in [5.41, 5.74) is 3.09. The molecule has 2 heteroatoms. The van der Waals surface area contributed by atoms with Crippen molar-refractivity contribution < 1.29 is 5.11 Å². The largest absolute Gasteiger partial charge is 0.508 e. The predicted octanol–water partition coefficient (Wildman–Crippen LogP) is 6.22. The summed E-state index contributed by atoms with van der Waals surface area (Å²) in [6.45, 7) is 7.56. The van der Waals surface area contributed by atoms with Crippen LogP contribution in [0, 0.1) is 29.6 Å². The van der Waals surface area contributed by atoms with Crippen LogP contribution in [0.5, 0.6) is 5.75 Å². The van der Waals surface area contributed by atoms with E-state index < -0.39 is 7.26 Å². The molecule has 0 bridgehead atoms. The highest BCUT2D eigenvalue weighted by Gasteiger charge is 2.70. The van der Waals surface area contributed by atoms with Crippen LogP contribution in [0.4, 0.5) is 0 Å². The van der Waals surface area contributed by atoms with E-state index in [-0.39, 0.29) is 10.6 Å². The number of hydrogen-bond donors (Lipinski definition) is 1. The van der Waals surface area contributed by atoms with Gasteiger partial charge in [-0.3, -0.25) is 0 Å². The molecule has 0 heterocycles. The molecule has 1 nitrogen and oxygen atoms in total. The molecule has 2 saturated carbocycles. The average molecular weight is 418 g/mol. The van der Waals surface area contributed by atoms with Gasteiger partial charge in [0.25, 0.3) is 0 Å². The number of phenolic OH excluding ortho intramolecular Hbond substituents is 1. The molecule has 30 heavy (non-hydrogen) atoms. The molecule has 5 rings (SSSR count). The first-order chi connectivity index (χ1) is 14.3. The number of rotatable bonds is 2. The lowest BCUT2D eigenvalue weighted by Crippen LogP contribution is -2.52. The van der Waals surface area contributed by atoms with E-state index in [1.165, 1.54) is 48.5 Å². The summed E-state index contributed by atoms with van der Waals surface area (Å²) in [5.74, 6) is 5.98. The Labute approximate surface area is 182 Å². The van der Waals surface area contributed by atoms with Crippen LogP contribution >= 0.6 is 7.26 Å². The number of phenols is 1. The predicted molar refractivity (Wildman–Crippen MR) is 129 cm³/mol. The molecule has 0 saturated heterocycles. The van der Waals surface area contributed by atoms with E-state index in [0.717, 1.165) is 12.3 Å². The summed E-state index contributed by atoms with van der Waals surface area (Å²) in [5, 5.41) is 11.4. The maximum Gasteiger partial charge on any atom is 0.148 e. The zero-order valence-corrected chi connectivity index (χ0v) is 19.5. The third kappa shape index (κ3) is 2.53. The number of fused-ring (bicyclic) bond motifs is 5. The molecule has 1 N–H and O–H groups in total. The van der Waals surface area contributed by atoms with Crippen LogP contribution in [0.2, 0.25) is 0 Å². The Balaban J connectivity index is 1.55. The quantitative estimate of drug-likeness (QED) is 0.454. The Morgan fingerprint density at radius 1 is 1.03 bits per heavy atom. The molecule has 0 radical (unpaired) electrons. The van der Waals surface area contributed by atoms with Crippen LogP contribution in [-0.4, -0.2) is 23.6 Å². The third-order valence-electron chi connectivity index (χ3n) is 9.46. The van der Waals surface area contributed by atoms with Crippen LogP contribution in [0.3, 0.4) is 0 Å². The molecule has 1 unspecified atom stereocenters. The molecule has 156 valence electrons. The Bertz CT molecular complexity index is 1000. The lowest BCUT2D eigenvalue weighted by molar-refractivity contribution is 0.0504. The summed E-state index contributed by atoms with van der Waals surface area (Å²) in [4.78, 5) is 0. The average Bonchev–Trinajstić information content (AvgIpc) is 3.07. The SMILES string of the molecule is C#CC1([P+](C)(C)c2ccccc2)CC[C@H]2[C@@H]3CCc4cc(O)ccc4[C@H]3CC[C@@]21C. The maximum absolute atomic E-state index is 9.96. The van der Waals surface area contributed by atoms with Crippen molar-refractivity contribution in [2.45, 2.75) is 56.5 Å². The second-order valence-corrected chi connectivity index (χ2v) is 14.8. The fourth-order valence-corrected chi connectivity index (χ4v) is 11.8. The lowest BCUT2D eigenvalue weighted by atomic mass is 9.54. The molecule has 0 spiro atoms. The van der Waals surface area contributed by atoms with E-state index in [0.29, 0.717) is 17.6 Å². The first-order valence-electron chi connectivity index (χ1n) is 11.5. The van der Waals surface area contributed by atoms with Gasteiger partial charge in [-0.15, -0.1) is 6.42 Å². The first kappa shape index (κ1) is 20.2. The molecular formula is C28H34OP+. The monoisotopic (exact) mass is 417 g/mol. The molecule has 2 fully saturated rings. The Kier molecular flexibility index (Phi) is 4.61. The molecular weight excluding hydrogens is 383 g/mol. The second kappa shape index (κ2) is 6.87. The van der Waals surface area contributed by atoms with Crippen molar-refractivity contribution in [3.05, 3.63) is 59.7 Å². The van der Waals surface area contributed by atoms with E-state index in [9.17, 15) is 5.11 Å². The van der Waals surface area contributed by atoms with Crippen LogP contribution in [0.25, 0.3) is 0 Å². The van der Waals surface area contributed by atoms with Crippen molar-refractivity contribution >= 4 is 12.6 Å². The van der Waals surface area contributed by atoms with Crippen LogP contribution in [0.1, 0.15) is 56.1 Å². The Hall–Kier alpha value is -1.77. The number of terminal acetylenes is 1. The molecule has 3 aliphatic carbocycles. The number of benzene rings is 2. The van der Waals surface area contributed by atoms with Crippen molar-refractivity contribution in [1.29, 1.82) is 0 Å². The number of hydrogen-bond acceptors (Lipinski definition) is 1. The standard InChI is InChI=1S/C28H33OP/c1-5-28(30(3,4)22-9-7-6-8-10-22)18-16-26-25-13-11-20-19-21(29)12-14-23(20)24(25)15-17-27(26,28)2/h1,6-10,12,14,19,24-26H,11,13,15-18H2,2-4H3/p+1/t24-,25-,26+,27+,28?/m1/s1. The minimum Gasteiger partial charge on any atom is -0.508 e. The molecule has 3 aliphatic rings. The zero-order valence-electron chi connectivity index (χ0n) is 18.6. The van der Waals surface area contributed by atoms with Gasteiger partial charge in [0.15, 0.2) is 0 Å². The van der Waals surface area contributed by atoms with E-state index in [4.69, 9.17) is 6.42 Å². The summed E-state index contributed by atoms with van der Waals surface area (Å²) >= 11 is 0. The minimum absolute atomic E-state index is 0.00772. The Morgan fingerprint density at radius 3 is 2.53 bits per heavy atom. The van der Waals surface area contributed by atoms with Gasteiger partial charge in [0.1, 0.15) is 10.9 Å². The van der Waals surface area contributed by atoms with Gasteiger partial charge in [-0.2, -0.15) is 0 Å². The zero-order chi connectivity index (χ0) is 21.1. The van der Waals surface area contributed by atoms with Crippen molar-refractivity contribution in [3.63, 3.8) is 0 Å². The van der Waals surface area contributed by atoms with Crippen molar-refractivity contribution in [2.24, 2.45) is 17.3 Å². The molecule has 0 amide bonds. The third-order valence-corrected chi connectivity index (χ3v) is 13.8. The van der Waals surface area contributed by atoms with Gasteiger partial charge in [0.2, 0.25) is 0 Å². The van der Waals surface area contributed by atoms with Crippen molar-refractivity contribution in [2.75, 3.05) is 13.3 Å². The highest BCUT2D eigenvalue weighted by molar-refractivity contribution is 7.83. The van der Waals surface area contributed by atoms with Gasteiger partial charge in [-0.1, -0.05) is 37.1 Å². The maximum atomic E-state index is 9.96. The van der Waals surface area contributed by atoms with Crippen LogP contribution < -0.4 is 5.30 Å². The molecule has 0 aliphatic heterocycles. The van der Waals surface area contributed by atoms with E-state index >= 15 is 0 Å². The van der Waals surface area contributed by atoms with Crippen molar-refractivity contribution in [3.8, 4) is 18.1 Å². The lowest BCUT2D eigenvalue weighted by Gasteiger charge is -2.54. The second-order valence-electron chi connectivity index (χ2n) is 10.6. The van der Waals surface area contributed by atoms with Gasteiger partial charge in [0, 0.05) is 5.41 Å². The fourth-order valence-electron chi connectivity index (χ4n) is 7.92. The van der Waals surface area contributed by atoms with Gasteiger partial charge in [0.05, 0.1) is 25.9 Å². The summed E-state index contributed by atoms with van der Waals surface area (Å²) < 4.78 is 0. The first-order valence-corrected chi connectivity index (χ1v) is 14.2. The van der Waals surface area contributed by atoms with Gasteiger partial charge < -0.3 is 5.11 Å². The van der Waals surface area contributed by atoms with E-state index in [2.05, 4.69) is 62.6 Å². The topological polar surface area (TPSA) is 20.2 Å². The summed E-state index contributed by atoms with van der Waals surface area (Å²) in [6.07, 6.45) is 13.7. The normalized spacial score (nSPS) is 35.1. The van der Waals surface area contributed by atoms with E-state index in [1.807, 2.05) is 12.1 Å². The van der Waals surface area contributed by atoms with Gasteiger partial charge in [-0.05, 0) is 91.7 Å². The summed E-state index contributed by atoms with van der Waals surface area (Å²) in [6, 6.07) is 17.2. The van der Waals surface area contributed by atoms with Crippen LogP contribution in [-0.2, 0) is 6.42 Å². The minimum atomic E-state index is -1.52. The highest BCUT2D eigenvalue weighted by atomic mass is 31.2. The van der Waals surface area contributed by atoms with Gasteiger partial charge >= 0.3 is 0 Å². The van der Waals surface area contributed by atoms with Gasteiger partial charge in [-0.25, -0.2) is 0 Å². The molecule has 2 aromatic carbocycles.